The van der Waals surface area contributed by atoms with Crippen LogP contribution in [0.4, 0.5) is 20.6 Å². The van der Waals surface area contributed by atoms with Crippen LogP contribution < -0.4 is 9.80 Å². The highest BCUT2D eigenvalue weighted by Crippen LogP contribution is 2.46. The van der Waals surface area contributed by atoms with Gasteiger partial charge in [0.25, 0.3) is 0 Å². The zero-order chi connectivity index (χ0) is 23.3. The zero-order valence-electron chi connectivity index (χ0n) is 18.2. The monoisotopic (exact) mass is 450 g/mol. The summed E-state index contributed by atoms with van der Waals surface area (Å²) in [7, 11) is 0. The zero-order valence-corrected chi connectivity index (χ0v) is 18.2. The lowest BCUT2D eigenvalue weighted by atomic mass is 9.92. The van der Waals surface area contributed by atoms with Gasteiger partial charge in [-0.2, -0.15) is 5.10 Å². The number of carbonyl (C=O) groups excluding carboxylic acids is 1. The van der Waals surface area contributed by atoms with Crippen molar-refractivity contribution in [2.45, 2.75) is 32.0 Å². The van der Waals surface area contributed by atoms with E-state index < -0.39 is 24.0 Å². The predicted molar refractivity (Wildman–Crippen MR) is 120 cm³/mol. The Bertz CT molecular complexity index is 1220. The number of carboxylic acid groups (broad SMARTS) is 1. The van der Waals surface area contributed by atoms with Gasteiger partial charge in [-0.05, 0) is 42.3 Å². The second-order valence-corrected chi connectivity index (χ2v) is 8.38. The molecule has 0 bridgehead atoms. The average Bonchev–Trinajstić information content (AvgIpc) is 3.21. The van der Waals surface area contributed by atoms with Gasteiger partial charge >= 0.3 is 6.09 Å². The third-order valence-electron chi connectivity index (χ3n) is 6.32. The second kappa shape index (κ2) is 8.00. The summed E-state index contributed by atoms with van der Waals surface area (Å²) in [6, 6.07) is 10.1. The van der Waals surface area contributed by atoms with Gasteiger partial charge < -0.3 is 14.7 Å². The maximum Gasteiger partial charge on any atom is 0.412 e. The van der Waals surface area contributed by atoms with E-state index in [0.29, 0.717) is 30.2 Å². The fourth-order valence-electron chi connectivity index (χ4n) is 4.65. The number of anilines is 2. The summed E-state index contributed by atoms with van der Waals surface area (Å²) in [5.41, 5.74) is 3.12. The number of fused-ring (bicyclic) bond motifs is 1. The van der Waals surface area contributed by atoms with Crippen LogP contribution in [0.2, 0.25) is 0 Å². The molecule has 1 saturated heterocycles. The van der Waals surface area contributed by atoms with Crippen LogP contribution >= 0.6 is 0 Å². The van der Waals surface area contributed by atoms with E-state index in [1.165, 1.54) is 24.0 Å². The summed E-state index contributed by atoms with van der Waals surface area (Å²) < 4.78 is 20.6. The first-order valence-electron chi connectivity index (χ1n) is 10.7. The standard InChI is InChI=1S/C24H23FN4O4/c1-14-23(16-3-6-19(25)7-4-16)29(24(31)32)22-9-17(5-8-21(22)28(14)15(2)30)18-10-26-27(11-18)20-12-33-13-20/h3-11,14,20,23H,12-13H2,1-2H3,(H,31,32)/t14-,23?/m0/s1. The van der Waals surface area contributed by atoms with E-state index >= 15 is 0 Å². The van der Waals surface area contributed by atoms with Crippen molar-refractivity contribution in [2.24, 2.45) is 0 Å². The Labute approximate surface area is 189 Å². The Morgan fingerprint density at radius 2 is 1.79 bits per heavy atom. The Hall–Kier alpha value is -3.72. The van der Waals surface area contributed by atoms with Gasteiger partial charge in [0, 0.05) is 18.7 Å². The lowest BCUT2D eigenvalue weighted by Crippen LogP contribution is -2.53. The van der Waals surface area contributed by atoms with E-state index in [0.717, 1.165) is 11.1 Å². The van der Waals surface area contributed by atoms with Crippen molar-refractivity contribution in [1.29, 1.82) is 0 Å². The molecular formula is C24H23FN4O4. The molecule has 2 atom stereocenters. The molecule has 1 N–H and O–H groups in total. The molecule has 0 aliphatic carbocycles. The number of aromatic nitrogens is 2. The molecule has 1 aromatic heterocycles. The largest absolute Gasteiger partial charge is 0.465 e. The maximum atomic E-state index is 13.6. The molecule has 170 valence electrons. The van der Waals surface area contributed by atoms with Crippen molar-refractivity contribution in [3.63, 3.8) is 0 Å². The Morgan fingerprint density at radius 1 is 1.06 bits per heavy atom. The second-order valence-electron chi connectivity index (χ2n) is 8.38. The molecule has 5 rings (SSSR count). The third-order valence-corrected chi connectivity index (χ3v) is 6.32. The van der Waals surface area contributed by atoms with Crippen LogP contribution in [0.15, 0.2) is 54.9 Å². The van der Waals surface area contributed by atoms with Gasteiger partial charge in [-0.25, -0.2) is 9.18 Å². The van der Waals surface area contributed by atoms with Gasteiger partial charge in [0.05, 0.1) is 48.9 Å². The number of halogens is 1. The number of nitrogens with zero attached hydrogens (tertiary/aromatic N) is 4. The van der Waals surface area contributed by atoms with E-state index in [-0.39, 0.29) is 11.9 Å². The SMILES string of the molecule is CC(=O)N1c2ccc(-c3cnn(C4COC4)c3)cc2N(C(=O)O)C(c2ccc(F)cc2)[C@@H]1C. The molecule has 3 heterocycles. The first-order chi connectivity index (χ1) is 15.8. The van der Waals surface area contributed by atoms with Crippen LogP contribution in [0, 0.1) is 5.82 Å². The van der Waals surface area contributed by atoms with E-state index in [4.69, 9.17) is 4.74 Å². The highest BCUT2D eigenvalue weighted by atomic mass is 19.1. The van der Waals surface area contributed by atoms with Crippen molar-refractivity contribution in [1.82, 2.24) is 9.78 Å². The Kier molecular flexibility index (Phi) is 5.13. The molecule has 8 nitrogen and oxygen atoms in total. The van der Waals surface area contributed by atoms with Gasteiger partial charge in [-0.1, -0.05) is 18.2 Å². The summed E-state index contributed by atoms with van der Waals surface area (Å²) in [4.78, 5) is 28.0. The van der Waals surface area contributed by atoms with E-state index in [2.05, 4.69) is 5.10 Å². The molecule has 0 saturated carbocycles. The van der Waals surface area contributed by atoms with Crippen molar-refractivity contribution >= 4 is 23.4 Å². The van der Waals surface area contributed by atoms with Crippen molar-refractivity contribution < 1.29 is 23.8 Å². The van der Waals surface area contributed by atoms with Crippen molar-refractivity contribution in [3.05, 3.63) is 66.2 Å². The van der Waals surface area contributed by atoms with Crippen LogP contribution in [0.25, 0.3) is 11.1 Å². The summed E-state index contributed by atoms with van der Waals surface area (Å²) in [5, 5.41) is 14.6. The number of carbonyl (C=O) groups is 2. The van der Waals surface area contributed by atoms with Crippen LogP contribution in [-0.4, -0.2) is 46.1 Å². The lowest BCUT2D eigenvalue weighted by Gasteiger charge is -2.46. The highest BCUT2D eigenvalue weighted by Gasteiger charge is 2.42. The van der Waals surface area contributed by atoms with Crippen LogP contribution in [0.5, 0.6) is 0 Å². The molecule has 9 heteroatoms. The summed E-state index contributed by atoms with van der Waals surface area (Å²) >= 11 is 0. The third kappa shape index (κ3) is 3.54. The fourth-order valence-corrected chi connectivity index (χ4v) is 4.65. The molecule has 0 spiro atoms. The van der Waals surface area contributed by atoms with Gasteiger partial charge in [-0.15, -0.1) is 0 Å². The molecule has 2 aliphatic rings. The summed E-state index contributed by atoms with van der Waals surface area (Å²) in [6.07, 6.45) is 2.49. The molecule has 33 heavy (non-hydrogen) atoms. The number of amides is 2. The van der Waals surface area contributed by atoms with E-state index in [1.807, 2.05) is 16.9 Å². The molecule has 1 unspecified atom stereocenters. The van der Waals surface area contributed by atoms with Crippen LogP contribution in [0.1, 0.15) is 31.5 Å². The quantitative estimate of drug-likeness (QED) is 0.645. The summed E-state index contributed by atoms with van der Waals surface area (Å²) in [5.74, 6) is -0.615. The number of hydrogen-bond donors (Lipinski definition) is 1. The molecule has 2 aromatic carbocycles. The molecular weight excluding hydrogens is 427 g/mol. The molecule has 2 aliphatic heterocycles. The van der Waals surface area contributed by atoms with E-state index in [1.54, 1.807) is 42.3 Å². The van der Waals surface area contributed by atoms with Crippen molar-refractivity contribution in [3.8, 4) is 11.1 Å². The van der Waals surface area contributed by atoms with Crippen LogP contribution in [0.3, 0.4) is 0 Å². The lowest BCUT2D eigenvalue weighted by molar-refractivity contribution is -0.117. The molecule has 0 radical (unpaired) electrons. The van der Waals surface area contributed by atoms with Gasteiger partial charge in [0.1, 0.15) is 5.82 Å². The Morgan fingerprint density at radius 3 is 2.39 bits per heavy atom. The maximum absolute atomic E-state index is 13.6. The molecule has 2 amide bonds. The summed E-state index contributed by atoms with van der Waals surface area (Å²) in [6.45, 7) is 4.48. The molecule has 3 aromatic rings. The minimum atomic E-state index is -1.15. The van der Waals surface area contributed by atoms with Gasteiger partial charge in [-0.3, -0.25) is 14.4 Å². The minimum absolute atomic E-state index is 0.198. The number of ether oxygens (including phenoxy) is 1. The Balaban J connectivity index is 1.63. The number of benzene rings is 2. The van der Waals surface area contributed by atoms with Crippen LogP contribution in [-0.2, 0) is 9.53 Å². The smallest absolute Gasteiger partial charge is 0.412 e. The van der Waals surface area contributed by atoms with Gasteiger partial charge in [0.2, 0.25) is 5.91 Å². The first-order valence-corrected chi connectivity index (χ1v) is 10.7. The predicted octanol–water partition coefficient (Wildman–Crippen LogP) is 4.24. The molecule has 1 fully saturated rings. The van der Waals surface area contributed by atoms with Crippen molar-refractivity contribution in [2.75, 3.05) is 23.0 Å². The highest BCUT2D eigenvalue weighted by molar-refractivity contribution is 6.03. The number of rotatable bonds is 3. The number of hydrogen-bond acceptors (Lipinski definition) is 4. The normalized spacial score (nSPS) is 20.3. The van der Waals surface area contributed by atoms with E-state index in [9.17, 15) is 19.1 Å². The average molecular weight is 450 g/mol. The van der Waals surface area contributed by atoms with Gasteiger partial charge in [0.15, 0.2) is 0 Å². The minimum Gasteiger partial charge on any atom is -0.465 e. The first kappa shape index (κ1) is 21.1. The topological polar surface area (TPSA) is 87.9 Å². The fraction of sp³-hybridized carbons (Fsp3) is 0.292.